The number of likely N-dealkylation sites (N-methyl/N-ethyl adjacent to an activating group) is 1. The van der Waals surface area contributed by atoms with Crippen LogP contribution >= 0.6 is 0 Å². The monoisotopic (exact) mass is 353 g/mol. The van der Waals surface area contributed by atoms with E-state index in [0.717, 1.165) is 23.1 Å². The number of benzene rings is 1. The lowest BCUT2D eigenvalue weighted by atomic mass is 9.90. The van der Waals surface area contributed by atoms with E-state index in [1.807, 2.05) is 43.3 Å². The molecule has 0 fully saturated rings. The van der Waals surface area contributed by atoms with E-state index in [1.54, 1.807) is 38.2 Å². The van der Waals surface area contributed by atoms with Crippen LogP contribution < -0.4 is 5.32 Å². The Kier molecular flexibility index (Phi) is 6.50. The van der Waals surface area contributed by atoms with Crippen LogP contribution in [0.25, 0.3) is 0 Å². The van der Waals surface area contributed by atoms with E-state index in [4.69, 9.17) is 0 Å². The molecule has 5 heteroatoms. The molecule has 0 radical (unpaired) electrons. The number of hydrogen-bond donors (Lipinski definition) is 1. The number of hydrogen-bond acceptors (Lipinski definition) is 3. The van der Waals surface area contributed by atoms with E-state index < -0.39 is 5.41 Å². The molecule has 2 aromatic rings. The molecular formula is C21H27N3O2. The standard InChI is InChI=1S/C21H27N3O2/c1-16-6-5-7-18(14-16)15-23-19(25)21(2,3)20(26)24(4)13-10-17-8-11-22-12-9-17/h5-9,11-12,14H,10,13,15H2,1-4H3,(H,23,25). The molecule has 0 bridgehead atoms. The maximum absolute atomic E-state index is 12.7. The number of aromatic nitrogens is 1. The van der Waals surface area contributed by atoms with Gasteiger partial charge in [-0.05, 0) is 50.5 Å². The smallest absolute Gasteiger partial charge is 0.237 e. The van der Waals surface area contributed by atoms with Crippen molar-refractivity contribution in [3.8, 4) is 0 Å². The lowest BCUT2D eigenvalue weighted by molar-refractivity contribution is -0.147. The third kappa shape index (κ3) is 5.15. The number of aryl methyl sites for hydroxylation is 1. The zero-order valence-corrected chi connectivity index (χ0v) is 16.0. The Morgan fingerprint density at radius 2 is 1.81 bits per heavy atom. The highest BCUT2D eigenvalue weighted by molar-refractivity contribution is 6.04. The van der Waals surface area contributed by atoms with Crippen molar-refractivity contribution < 1.29 is 9.59 Å². The SMILES string of the molecule is Cc1cccc(CNC(=O)C(C)(C)C(=O)N(C)CCc2ccncc2)c1. The molecule has 0 saturated carbocycles. The molecule has 1 aromatic carbocycles. The summed E-state index contributed by atoms with van der Waals surface area (Å²) in [5.74, 6) is -0.451. The van der Waals surface area contributed by atoms with Gasteiger partial charge >= 0.3 is 0 Å². The first-order chi connectivity index (χ1) is 12.3. The average Bonchev–Trinajstić information content (AvgIpc) is 2.64. The van der Waals surface area contributed by atoms with Crippen LogP contribution in [0.1, 0.15) is 30.5 Å². The van der Waals surface area contributed by atoms with Crippen LogP contribution in [-0.4, -0.2) is 35.3 Å². The Bertz CT molecular complexity index is 757. The van der Waals surface area contributed by atoms with E-state index >= 15 is 0 Å². The van der Waals surface area contributed by atoms with Crippen LogP contribution in [-0.2, 0) is 22.6 Å². The normalized spacial score (nSPS) is 11.1. The number of rotatable bonds is 7. The van der Waals surface area contributed by atoms with Crippen LogP contribution in [0.15, 0.2) is 48.8 Å². The summed E-state index contributed by atoms with van der Waals surface area (Å²) in [6.45, 7) is 6.32. The summed E-state index contributed by atoms with van der Waals surface area (Å²) in [6, 6.07) is 11.8. The second-order valence-electron chi connectivity index (χ2n) is 7.13. The highest BCUT2D eigenvalue weighted by Gasteiger charge is 2.37. The first-order valence-corrected chi connectivity index (χ1v) is 8.79. The van der Waals surface area contributed by atoms with Gasteiger partial charge < -0.3 is 10.2 Å². The van der Waals surface area contributed by atoms with Gasteiger partial charge in [-0.3, -0.25) is 14.6 Å². The van der Waals surface area contributed by atoms with Crippen molar-refractivity contribution in [3.63, 3.8) is 0 Å². The number of amides is 2. The largest absolute Gasteiger partial charge is 0.351 e. The van der Waals surface area contributed by atoms with E-state index in [2.05, 4.69) is 10.3 Å². The van der Waals surface area contributed by atoms with Gasteiger partial charge in [-0.1, -0.05) is 29.8 Å². The Balaban J connectivity index is 1.91. The van der Waals surface area contributed by atoms with Crippen LogP contribution in [0.4, 0.5) is 0 Å². The first-order valence-electron chi connectivity index (χ1n) is 8.79. The second kappa shape index (κ2) is 8.61. The quantitative estimate of drug-likeness (QED) is 0.779. The average molecular weight is 353 g/mol. The molecule has 2 rings (SSSR count). The van der Waals surface area contributed by atoms with E-state index in [-0.39, 0.29) is 11.8 Å². The topological polar surface area (TPSA) is 62.3 Å². The van der Waals surface area contributed by atoms with Crippen molar-refractivity contribution in [3.05, 3.63) is 65.5 Å². The van der Waals surface area contributed by atoms with Gasteiger partial charge in [0.15, 0.2) is 0 Å². The Labute approximate surface area is 155 Å². The van der Waals surface area contributed by atoms with Gasteiger partial charge in [0.25, 0.3) is 0 Å². The van der Waals surface area contributed by atoms with Gasteiger partial charge in [0.2, 0.25) is 11.8 Å². The predicted molar refractivity (Wildman–Crippen MR) is 102 cm³/mol. The van der Waals surface area contributed by atoms with Crippen molar-refractivity contribution in [1.29, 1.82) is 0 Å². The number of nitrogens with one attached hydrogen (secondary N) is 1. The Morgan fingerprint density at radius 1 is 1.12 bits per heavy atom. The van der Waals surface area contributed by atoms with Gasteiger partial charge in [-0.15, -0.1) is 0 Å². The molecule has 0 aliphatic carbocycles. The molecule has 0 spiro atoms. The second-order valence-corrected chi connectivity index (χ2v) is 7.13. The summed E-state index contributed by atoms with van der Waals surface area (Å²) in [6.07, 6.45) is 4.20. The lowest BCUT2D eigenvalue weighted by Gasteiger charge is -2.28. The van der Waals surface area contributed by atoms with E-state index in [9.17, 15) is 9.59 Å². The fraction of sp³-hybridized carbons (Fsp3) is 0.381. The van der Waals surface area contributed by atoms with Gasteiger partial charge in [-0.25, -0.2) is 0 Å². The van der Waals surface area contributed by atoms with Crippen LogP contribution in [0, 0.1) is 12.3 Å². The molecule has 0 aliphatic heterocycles. The summed E-state index contributed by atoms with van der Waals surface area (Å²) in [5.41, 5.74) is 2.16. The molecule has 0 saturated heterocycles. The minimum Gasteiger partial charge on any atom is -0.351 e. The van der Waals surface area contributed by atoms with Gasteiger partial charge in [0, 0.05) is 32.5 Å². The van der Waals surface area contributed by atoms with Crippen LogP contribution in [0.2, 0.25) is 0 Å². The Morgan fingerprint density at radius 3 is 2.46 bits per heavy atom. The number of carbonyl (C=O) groups excluding carboxylic acids is 2. The fourth-order valence-corrected chi connectivity index (χ4v) is 2.75. The Hall–Kier alpha value is -2.69. The van der Waals surface area contributed by atoms with Crippen LogP contribution in [0.3, 0.4) is 0 Å². The molecule has 0 atom stereocenters. The summed E-state index contributed by atoms with van der Waals surface area (Å²) in [4.78, 5) is 30.9. The predicted octanol–water partition coefficient (Wildman–Crippen LogP) is 2.73. The third-order valence-electron chi connectivity index (χ3n) is 4.47. The summed E-state index contributed by atoms with van der Waals surface area (Å²) < 4.78 is 0. The number of carbonyl (C=O) groups is 2. The van der Waals surface area contributed by atoms with Crippen molar-refractivity contribution in [1.82, 2.24) is 15.2 Å². The van der Waals surface area contributed by atoms with Crippen molar-refractivity contribution in [2.45, 2.75) is 33.7 Å². The molecule has 1 heterocycles. The molecule has 138 valence electrons. The van der Waals surface area contributed by atoms with Crippen molar-refractivity contribution in [2.75, 3.05) is 13.6 Å². The number of nitrogens with zero attached hydrogens (tertiary/aromatic N) is 2. The minimum atomic E-state index is -1.11. The third-order valence-corrected chi connectivity index (χ3v) is 4.47. The molecule has 1 aromatic heterocycles. The molecule has 0 aliphatic rings. The fourth-order valence-electron chi connectivity index (χ4n) is 2.75. The zero-order valence-electron chi connectivity index (χ0n) is 16.0. The minimum absolute atomic E-state index is 0.187. The molecule has 0 unspecified atom stereocenters. The molecule has 26 heavy (non-hydrogen) atoms. The molecule has 5 nitrogen and oxygen atoms in total. The van der Waals surface area contributed by atoms with Gasteiger partial charge in [0.05, 0.1) is 0 Å². The van der Waals surface area contributed by atoms with Gasteiger partial charge in [-0.2, -0.15) is 0 Å². The summed E-state index contributed by atoms with van der Waals surface area (Å²) in [5, 5.41) is 2.88. The van der Waals surface area contributed by atoms with E-state index in [0.29, 0.717) is 13.1 Å². The summed E-state index contributed by atoms with van der Waals surface area (Å²) >= 11 is 0. The molecule has 1 N–H and O–H groups in total. The molecule has 2 amide bonds. The maximum Gasteiger partial charge on any atom is 0.237 e. The number of pyridine rings is 1. The van der Waals surface area contributed by atoms with Crippen molar-refractivity contribution >= 4 is 11.8 Å². The summed E-state index contributed by atoms with van der Waals surface area (Å²) in [7, 11) is 1.74. The highest BCUT2D eigenvalue weighted by Crippen LogP contribution is 2.19. The highest BCUT2D eigenvalue weighted by atomic mass is 16.2. The maximum atomic E-state index is 12.7. The first kappa shape index (κ1) is 19.6. The van der Waals surface area contributed by atoms with Crippen molar-refractivity contribution in [2.24, 2.45) is 5.41 Å². The van der Waals surface area contributed by atoms with E-state index in [1.165, 1.54) is 0 Å². The molecular weight excluding hydrogens is 326 g/mol. The zero-order chi connectivity index (χ0) is 19.2. The van der Waals surface area contributed by atoms with Gasteiger partial charge in [0.1, 0.15) is 5.41 Å². The lowest BCUT2D eigenvalue weighted by Crippen LogP contribution is -2.48. The van der Waals surface area contributed by atoms with Crippen LogP contribution in [0.5, 0.6) is 0 Å².